The first-order chi connectivity index (χ1) is 16.2. The molecule has 3 atom stereocenters. The fraction of sp³-hybridized carbons (Fsp3) is 0.536. The van der Waals surface area contributed by atoms with Crippen LogP contribution in [0.25, 0.3) is 0 Å². The molecule has 0 heterocycles. The Morgan fingerprint density at radius 3 is 1.76 bits per heavy atom. The van der Waals surface area contributed by atoms with Gasteiger partial charge in [-0.2, -0.15) is 0 Å². The molecule has 2 fully saturated rings. The quantitative estimate of drug-likeness (QED) is 0.469. The van der Waals surface area contributed by atoms with Crippen molar-refractivity contribution < 1.29 is 28.5 Å². The number of rotatable bonds is 8. The van der Waals surface area contributed by atoms with Crippen molar-refractivity contribution in [2.24, 2.45) is 16.7 Å². The van der Waals surface area contributed by atoms with Crippen molar-refractivity contribution in [1.29, 1.82) is 0 Å². The number of esters is 1. The van der Waals surface area contributed by atoms with Gasteiger partial charge in [0.25, 0.3) is 0 Å². The van der Waals surface area contributed by atoms with Crippen LogP contribution < -0.4 is 18.9 Å². The molecular weight excluding hydrogens is 432 g/mol. The molecule has 0 aromatic heterocycles. The second kappa shape index (κ2) is 9.05. The molecule has 0 spiro atoms. The third-order valence-corrected chi connectivity index (χ3v) is 8.71. The number of fused-ring (bicyclic) bond motifs is 2. The number of carbonyl (C=O) groups excluding carboxylic acids is 1. The highest BCUT2D eigenvalue weighted by molar-refractivity contribution is 5.85. The minimum absolute atomic E-state index is 0.0358. The Kier molecular flexibility index (Phi) is 6.45. The number of hydrogen-bond donors (Lipinski definition) is 0. The van der Waals surface area contributed by atoms with E-state index < -0.39 is 5.92 Å². The van der Waals surface area contributed by atoms with Crippen LogP contribution in [-0.2, 0) is 9.53 Å². The van der Waals surface area contributed by atoms with E-state index in [0.29, 0.717) is 40.0 Å². The van der Waals surface area contributed by atoms with E-state index >= 15 is 0 Å². The molecule has 2 aromatic rings. The standard InChI is InChI=1S/C28H36O6/c1-27(2)17-12-13-28(27,3)24(14-17)34-26(29)25(20-10-8-18(30-4)15-22(20)32-6)21-11-9-19(31-5)16-23(21)33-7/h8-11,15-17,24-25H,12-14H2,1-7H3/t17-,24+,28-/m1/s1. The van der Waals surface area contributed by atoms with Crippen molar-refractivity contribution in [2.75, 3.05) is 28.4 Å². The van der Waals surface area contributed by atoms with Crippen molar-refractivity contribution in [2.45, 2.75) is 52.1 Å². The van der Waals surface area contributed by atoms with Crippen LogP contribution in [0, 0.1) is 16.7 Å². The second-order valence-electron chi connectivity index (χ2n) is 10.2. The zero-order valence-corrected chi connectivity index (χ0v) is 21.3. The van der Waals surface area contributed by atoms with Gasteiger partial charge in [0, 0.05) is 28.7 Å². The summed E-state index contributed by atoms with van der Waals surface area (Å²) in [4.78, 5) is 14.0. The number of hydrogen-bond acceptors (Lipinski definition) is 6. The van der Waals surface area contributed by atoms with Gasteiger partial charge in [0.05, 0.1) is 28.4 Å². The molecule has 6 heteroatoms. The molecule has 34 heavy (non-hydrogen) atoms. The molecule has 184 valence electrons. The Morgan fingerprint density at radius 2 is 1.38 bits per heavy atom. The van der Waals surface area contributed by atoms with Crippen LogP contribution in [0.4, 0.5) is 0 Å². The van der Waals surface area contributed by atoms with Crippen molar-refractivity contribution in [3.8, 4) is 23.0 Å². The van der Waals surface area contributed by atoms with E-state index in [1.54, 1.807) is 40.6 Å². The highest BCUT2D eigenvalue weighted by atomic mass is 16.5. The van der Waals surface area contributed by atoms with Gasteiger partial charge < -0.3 is 23.7 Å². The largest absolute Gasteiger partial charge is 0.497 e. The zero-order valence-electron chi connectivity index (χ0n) is 21.3. The molecule has 0 saturated heterocycles. The Balaban J connectivity index is 1.77. The maximum atomic E-state index is 14.0. The molecule has 0 amide bonds. The van der Waals surface area contributed by atoms with Crippen molar-refractivity contribution >= 4 is 5.97 Å². The van der Waals surface area contributed by atoms with Gasteiger partial charge in [0.2, 0.25) is 0 Å². The predicted octanol–water partition coefficient (Wildman–Crippen LogP) is 5.61. The van der Waals surface area contributed by atoms with Gasteiger partial charge in [-0.3, -0.25) is 4.79 Å². The van der Waals surface area contributed by atoms with E-state index in [2.05, 4.69) is 20.8 Å². The Labute approximate surface area is 202 Å². The third-order valence-electron chi connectivity index (χ3n) is 8.71. The van der Waals surface area contributed by atoms with E-state index in [1.165, 1.54) is 6.42 Å². The lowest BCUT2D eigenvalue weighted by molar-refractivity contribution is -0.157. The molecule has 4 rings (SSSR count). The van der Waals surface area contributed by atoms with Crippen molar-refractivity contribution in [1.82, 2.24) is 0 Å². The van der Waals surface area contributed by atoms with E-state index in [1.807, 2.05) is 24.3 Å². The summed E-state index contributed by atoms with van der Waals surface area (Å²) in [5.41, 5.74) is 1.50. The SMILES string of the molecule is COc1ccc(C(C(=O)O[C@H]2C[C@H]3CC[C@@]2(C)C3(C)C)c2ccc(OC)cc2OC)c(OC)c1. The van der Waals surface area contributed by atoms with E-state index in [4.69, 9.17) is 23.7 Å². The van der Waals surface area contributed by atoms with Gasteiger partial charge in [0.1, 0.15) is 35.0 Å². The van der Waals surface area contributed by atoms with Gasteiger partial charge in [-0.15, -0.1) is 0 Å². The Hall–Kier alpha value is -2.89. The van der Waals surface area contributed by atoms with Crippen LogP contribution in [0.2, 0.25) is 0 Å². The van der Waals surface area contributed by atoms with Gasteiger partial charge in [0.15, 0.2) is 0 Å². The van der Waals surface area contributed by atoms with Gasteiger partial charge in [-0.1, -0.05) is 32.9 Å². The van der Waals surface area contributed by atoms with Crippen LogP contribution in [0.5, 0.6) is 23.0 Å². The number of methoxy groups -OCH3 is 4. The summed E-state index contributed by atoms with van der Waals surface area (Å²) in [5.74, 6) is 1.94. The second-order valence-corrected chi connectivity index (χ2v) is 10.2. The van der Waals surface area contributed by atoms with Gasteiger partial charge >= 0.3 is 5.97 Å². The third kappa shape index (κ3) is 3.77. The topological polar surface area (TPSA) is 63.2 Å². The Bertz CT molecular complexity index is 1010. The van der Waals surface area contributed by atoms with Crippen molar-refractivity contribution in [3.63, 3.8) is 0 Å². The summed E-state index contributed by atoms with van der Waals surface area (Å²) in [6.45, 7) is 6.90. The van der Waals surface area contributed by atoms with Gasteiger partial charge in [-0.25, -0.2) is 0 Å². The molecular formula is C28H36O6. The molecule has 2 bridgehead atoms. The van der Waals surface area contributed by atoms with Crippen molar-refractivity contribution in [3.05, 3.63) is 47.5 Å². The molecule has 2 aliphatic carbocycles. The first-order valence-electron chi connectivity index (χ1n) is 11.8. The highest BCUT2D eigenvalue weighted by Gasteiger charge is 2.63. The first kappa shape index (κ1) is 24.2. The minimum Gasteiger partial charge on any atom is -0.497 e. The summed E-state index contributed by atoms with van der Waals surface area (Å²) in [5, 5.41) is 0. The summed E-state index contributed by atoms with van der Waals surface area (Å²) >= 11 is 0. The van der Waals surface area contributed by atoms with Crippen LogP contribution in [0.15, 0.2) is 36.4 Å². The smallest absolute Gasteiger partial charge is 0.318 e. The molecule has 2 aromatic carbocycles. The minimum atomic E-state index is -0.729. The van der Waals surface area contributed by atoms with Crippen LogP contribution in [-0.4, -0.2) is 40.5 Å². The number of carbonyl (C=O) groups is 1. The highest BCUT2D eigenvalue weighted by Crippen LogP contribution is 2.66. The fourth-order valence-corrected chi connectivity index (χ4v) is 6.05. The lowest BCUT2D eigenvalue weighted by atomic mass is 9.70. The number of ether oxygens (including phenoxy) is 5. The molecule has 6 nitrogen and oxygen atoms in total. The normalized spacial score (nSPS) is 24.7. The summed E-state index contributed by atoms with van der Waals surface area (Å²) < 4.78 is 28.5. The van der Waals surface area contributed by atoms with Crippen LogP contribution >= 0.6 is 0 Å². The van der Waals surface area contributed by atoms with Crippen LogP contribution in [0.1, 0.15) is 57.1 Å². The molecule has 0 unspecified atom stereocenters. The van der Waals surface area contributed by atoms with Gasteiger partial charge in [-0.05, 0) is 42.7 Å². The lowest BCUT2D eigenvalue weighted by Crippen LogP contribution is -2.39. The molecule has 0 aliphatic heterocycles. The Morgan fingerprint density at radius 1 is 0.853 bits per heavy atom. The summed E-state index contributed by atoms with van der Waals surface area (Å²) in [6.07, 6.45) is 3.05. The molecule has 0 N–H and O–H groups in total. The zero-order chi connectivity index (χ0) is 24.7. The summed E-state index contributed by atoms with van der Waals surface area (Å²) in [6, 6.07) is 11.0. The predicted molar refractivity (Wildman–Crippen MR) is 130 cm³/mol. The summed E-state index contributed by atoms with van der Waals surface area (Å²) in [7, 11) is 6.38. The fourth-order valence-electron chi connectivity index (χ4n) is 6.05. The first-order valence-corrected chi connectivity index (χ1v) is 11.8. The van der Waals surface area contributed by atoms with Crippen LogP contribution in [0.3, 0.4) is 0 Å². The molecule has 2 aliphatic rings. The lowest BCUT2D eigenvalue weighted by Gasteiger charge is -2.39. The molecule has 0 radical (unpaired) electrons. The molecule has 2 saturated carbocycles. The van der Waals surface area contributed by atoms with E-state index in [0.717, 1.165) is 12.8 Å². The maximum absolute atomic E-state index is 14.0. The average molecular weight is 469 g/mol. The monoisotopic (exact) mass is 468 g/mol. The van der Waals surface area contributed by atoms with E-state index in [-0.39, 0.29) is 22.9 Å². The number of benzene rings is 2. The van der Waals surface area contributed by atoms with E-state index in [9.17, 15) is 4.79 Å². The average Bonchev–Trinajstić information content (AvgIpc) is 3.18. The maximum Gasteiger partial charge on any atom is 0.318 e.